The number of rotatable bonds is 4. The highest BCUT2D eigenvalue weighted by atomic mass is 32.2. The summed E-state index contributed by atoms with van der Waals surface area (Å²) in [6, 6.07) is 21.8. The molecule has 2 aliphatic heterocycles. The van der Waals surface area contributed by atoms with Crippen LogP contribution in [-0.4, -0.2) is 61.4 Å². The van der Waals surface area contributed by atoms with E-state index in [9.17, 15) is 9.59 Å². The Morgan fingerprint density at radius 2 is 1.69 bits per heavy atom. The molecule has 2 amide bonds. The lowest BCUT2D eigenvalue weighted by Crippen LogP contribution is -2.54. The first kappa shape index (κ1) is 20.8. The minimum Gasteiger partial charge on any atom is -0.476 e. The zero-order valence-electron chi connectivity index (χ0n) is 17.6. The van der Waals surface area contributed by atoms with Gasteiger partial charge in [-0.25, -0.2) is 0 Å². The second kappa shape index (κ2) is 9.22. The molecule has 1 atom stereocenters. The molecule has 1 fully saturated rings. The van der Waals surface area contributed by atoms with E-state index in [0.717, 1.165) is 10.3 Å². The van der Waals surface area contributed by atoms with E-state index in [-0.39, 0.29) is 24.1 Å². The van der Waals surface area contributed by atoms with E-state index in [4.69, 9.17) is 9.47 Å². The van der Waals surface area contributed by atoms with Crippen LogP contribution in [0.3, 0.4) is 0 Å². The topological polar surface area (TPSA) is 59.1 Å². The molecule has 1 unspecified atom stereocenters. The van der Waals surface area contributed by atoms with Gasteiger partial charge in [0.15, 0.2) is 6.10 Å². The van der Waals surface area contributed by atoms with E-state index in [1.165, 1.54) is 17.1 Å². The van der Waals surface area contributed by atoms with Crippen molar-refractivity contribution in [2.24, 2.45) is 0 Å². The van der Waals surface area contributed by atoms with Crippen molar-refractivity contribution in [3.05, 3.63) is 66.7 Å². The zero-order valence-corrected chi connectivity index (χ0v) is 18.4. The molecular weight excluding hydrogens is 424 g/mol. The standard InChI is InChI=1S/C25H24N2O4S/c28-24(17-32-20-10-9-18-5-1-2-6-19(18)15-20)27-16-23(25(29)26-11-13-30-14-12-26)31-22-8-4-3-7-21(22)27/h1-10,15,23H,11-14,16-17H2. The number of carbonyl (C=O) groups excluding carboxylic acids is 2. The maximum absolute atomic E-state index is 13.2. The maximum Gasteiger partial charge on any atom is 0.265 e. The van der Waals surface area contributed by atoms with Crippen molar-refractivity contribution in [2.75, 3.05) is 43.5 Å². The number of para-hydroxylation sites is 2. The van der Waals surface area contributed by atoms with Gasteiger partial charge in [-0.2, -0.15) is 0 Å². The van der Waals surface area contributed by atoms with Gasteiger partial charge in [-0.3, -0.25) is 9.59 Å². The molecule has 32 heavy (non-hydrogen) atoms. The van der Waals surface area contributed by atoms with Crippen LogP contribution in [-0.2, 0) is 14.3 Å². The van der Waals surface area contributed by atoms with Gasteiger partial charge in [-0.05, 0) is 35.0 Å². The van der Waals surface area contributed by atoms with Gasteiger partial charge in [0.1, 0.15) is 5.75 Å². The van der Waals surface area contributed by atoms with E-state index in [1.54, 1.807) is 9.80 Å². The van der Waals surface area contributed by atoms with Crippen molar-refractivity contribution in [2.45, 2.75) is 11.0 Å². The van der Waals surface area contributed by atoms with Crippen molar-refractivity contribution in [3.8, 4) is 5.75 Å². The third kappa shape index (κ3) is 4.31. The number of fused-ring (bicyclic) bond motifs is 2. The first-order valence-electron chi connectivity index (χ1n) is 10.7. The van der Waals surface area contributed by atoms with E-state index in [1.807, 2.05) is 42.5 Å². The van der Waals surface area contributed by atoms with Crippen LogP contribution in [0, 0.1) is 0 Å². The summed E-state index contributed by atoms with van der Waals surface area (Å²) in [5.74, 6) is 0.710. The number of nitrogens with zero attached hydrogens (tertiary/aromatic N) is 2. The van der Waals surface area contributed by atoms with Crippen LogP contribution in [0.4, 0.5) is 5.69 Å². The molecule has 5 rings (SSSR count). The fourth-order valence-corrected chi connectivity index (χ4v) is 4.89. The minimum atomic E-state index is -0.711. The Balaban J connectivity index is 1.32. The average Bonchev–Trinajstić information content (AvgIpc) is 2.86. The van der Waals surface area contributed by atoms with E-state index in [0.29, 0.717) is 37.7 Å². The summed E-state index contributed by atoms with van der Waals surface area (Å²) < 4.78 is 11.4. The summed E-state index contributed by atoms with van der Waals surface area (Å²) in [6.45, 7) is 2.36. The number of carbonyl (C=O) groups is 2. The number of hydrogen-bond donors (Lipinski definition) is 0. The number of morpholine rings is 1. The Morgan fingerprint density at radius 1 is 0.938 bits per heavy atom. The molecule has 0 radical (unpaired) electrons. The average molecular weight is 449 g/mol. The molecule has 0 spiro atoms. The lowest BCUT2D eigenvalue weighted by atomic mass is 10.1. The number of thioether (sulfide) groups is 1. The quantitative estimate of drug-likeness (QED) is 0.571. The van der Waals surface area contributed by atoms with Crippen molar-refractivity contribution < 1.29 is 19.1 Å². The molecule has 6 nitrogen and oxygen atoms in total. The predicted octanol–water partition coefficient (Wildman–Crippen LogP) is 3.58. The van der Waals surface area contributed by atoms with Gasteiger partial charge in [-0.15, -0.1) is 11.8 Å². The molecule has 2 aliphatic rings. The van der Waals surface area contributed by atoms with Crippen LogP contribution in [0.2, 0.25) is 0 Å². The van der Waals surface area contributed by atoms with Gasteiger partial charge in [0.25, 0.3) is 5.91 Å². The molecule has 1 saturated heterocycles. The van der Waals surface area contributed by atoms with Gasteiger partial charge < -0.3 is 19.3 Å². The lowest BCUT2D eigenvalue weighted by molar-refractivity contribution is -0.142. The lowest BCUT2D eigenvalue weighted by Gasteiger charge is -2.37. The van der Waals surface area contributed by atoms with Gasteiger partial charge in [0, 0.05) is 18.0 Å². The molecule has 7 heteroatoms. The van der Waals surface area contributed by atoms with Crippen LogP contribution in [0.15, 0.2) is 71.6 Å². The molecular formula is C25H24N2O4S. The Kier molecular flexibility index (Phi) is 6.01. The summed E-state index contributed by atoms with van der Waals surface area (Å²) in [5.41, 5.74) is 0.711. The normalized spacial score (nSPS) is 18.2. The fraction of sp³-hybridized carbons (Fsp3) is 0.280. The Labute approximate surface area is 191 Å². The fourth-order valence-electron chi connectivity index (χ4n) is 4.07. The highest BCUT2D eigenvalue weighted by molar-refractivity contribution is 8.00. The first-order chi connectivity index (χ1) is 15.7. The smallest absolute Gasteiger partial charge is 0.265 e. The third-order valence-electron chi connectivity index (χ3n) is 5.76. The third-order valence-corrected chi connectivity index (χ3v) is 6.73. The monoisotopic (exact) mass is 448 g/mol. The highest BCUT2D eigenvalue weighted by Gasteiger charge is 2.36. The molecule has 3 aromatic carbocycles. The molecule has 0 saturated carbocycles. The zero-order chi connectivity index (χ0) is 21.9. The van der Waals surface area contributed by atoms with Crippen LogP contribution >= 0.6 is 11.8 Å². The van der Waals surface area contributed by atoms with E-state index < -0.39 is 6.10 Å². The number of ether oxygens (including phenoxy) is 2. The van der Waals surface area contributed by atoms with Crippen LogP contribution < -0.4 is 9.64 Å². The highest BCUT2D eigenvalue weighted by Crippen LogP contribution is 2.34. The largest absolute Gasteiger partial charge is 0.476 e. The van der Waals surface area contributed by atoms with E-state index >= 15 is 0 Å². The van der Waals surface area contributed by atoms with Crippen molar-refractivity contribution in [1.29, 1.82) is 0 Å². The first-order valence-corrected chi connectivity index (χ1v) is 11.7. The number of amides is 2. The van der Waals surface area contributed by atoms with Crippen molar-refractivity contribution >= 4 is 40.0 Å². The second-order valence-electron chi connectivity index (χ2n) is 7.81. The summed E-state index contributed by atoms with van der Waals surface area (Å²) in [7, 11) is 0. The summed E-state index contributed by atoms with van der Waals surface area (Å²) in [5, 5.41) is 2.33. The van der Waals surface area contributed by atoms with Crippen molar-refractivity contribution in [1.82, 2.24) is 4.90 Å². The van der Waals surface area contributed by atoms with Crippen molar-refractivity contribution in [3.63, 3.8) is 0 Å². The van der Waals surface area contributed by atoms with Gasteiger partial charge >= 0.3 is 0 Å². The summed E-state index contributed by atoms with van der Waals surface area (Å²) >= 11 is 1.51. The van der Waals surface area contributed by atoms with Gasteiger partial charge in [0.2, 0.25) is 5.91 Å². The molecule has 0 N–H and O–H groups in total. The molecule has 0 aliphatic carbocycles. The number of benzene rings is 3. The summed E-state index contributed by atoms with van der Waals surface area (Å²) in [4.78, 5) is 30.8. The number of anilines is 1. The van der Waals surface area contributed by atoms with Crippen LogP contribution in [0.5, 0.6) is 5.75 Å². The SMILES string of the molecule is O=C(C1CN(C(=O)CSc2ccc3ccccc3c2)c2ccccc2O1)N1CCOCC1. The molecule has 0 bridgehead atoms. The Bertz CT molecular complexity index is 1150. The summed E-state index contributed by atoms with van der Waals surface area (Å²) in [6.07, 6.45) is -0.711. The van der Waals surface area contributed by atoms with Crippen LogP contribution in [0.25, 0.3) is 10.8 Å². The second-order valence-corrected chi connectivity index (χ2v) is 8.86. The molecule has 0 aromatic heterocycles. The number of hydrogen-bond acceptors (Lipinski definition) is 5. The van der Waals surface area contributed by atoms with Gasteiger partial charge in [0.05, 0.1) is 31.2 Å². The molecule has 3 aromatic rings. The Hall–Kier alpha value is -3.03. The minimum absolute atomic E-state index is 0.0429. The predicted molar refractivity (Wildman–Crippen MR) is 125 cm³/mol. The molecule has 164 valence electrons. The van der Waals surface area contributed by atoms with E-state index in [2.05, 4.69) is 24.3 Å². The Morgan fingerprint density at radius 3 is 2.53 bits per heavy atom. The van der Waals surface area contributed by atoms with Gasteiger partial charge in [-0.1, -0.05) is 42.5 Å². The maximum atomic E-state index is 13.2. The van der Waals surface area contributed by atoms with Crippen LogP contribution in [0.1, 0.15) is 0 Å². The molecule has 2 heterocycles.